The molecule has 16 heavy (non-hydrogen) atoms. The van der Waals surface area contributed by atoms with Crippen molar-refractivity contribution < 1.29 is 13.5 Å². The maximum absolute atomic E-state index is 12.0. The van der Waals surface area contributed by atoms with Crippen LogP contribution in [0.1, 0.15) is 31.1 Å². The SMILES string of the molecule is CC1(NS(=O)(=O)c2ccc(CO)s2)CCC1. The zero-order chi connectivity index (χ0) is 11.8. The monoisotopic (exact) mass is 261 g/mol. The maximum atomic E-state index is 12.0. The molecule has 1 heterocycles. The van der Waals surface area contributed by atoms with E-state index in [-0.39, 0.29) is 16.4 Å². The third-order valence-electron chi connectivity index (χ3n) is 2.90. The summed E-state index contributed by atoms with van der Waals surface area (Å²) in [6.45, 7) is 1.81. The first-order valence-corrected chi connectivity index (χ1v) is 7.49. The largest absolute Gasteiger partial charge is 0.391 e. The number of nitrogens with one attached hydrogen (secondary N) is 1. The molecule has 0 atom stereocenters. The van der Waals surface area contributed by atoms with E-state index in [0.717, 1.165) is 30.6 Å². The van der Waals surface area contributed by atoms with E-state index in [2.05, 4.69) is 4.72 Å². The van der Waals surface area contributed by atoms with Gasteiger partial charge in [-0.15, -0.1) is 11.3 Å². The van der Waals surface area contributed by atoms with Crippen molar-refractivity contribution >= 4 is 21.4 Å². The highest BCUT2D eigenvalue weighted by Crippen LogP contribution is 2.33. The number of sulfonamides is 1. The molecule has 0 aliphatic heterocycles. The Morgan fingerprint density at radius 3 is 2.62 bits per heavy atom. The lowest BCUT2D eigenvalue weighted by molar-refractivity contribution is 0.248. The van der Waals surface area contributed by atoms with Crippen LogP contribution in [0.2, 0.25) is 0 Å². The van der Waals surface area contributed by atoms with Gasteiger partial charge < -0.3 is 5.11 Å². The molecule has 1 aromatic rings. The summed E-state index contributed by atoms with van der Waals surface area (Å²) in [7, 11) is -3.41. The van der Waals surface area contributed by atoms with E-state index < -0.39 is 10.0 Å². The number of hydrogen-bond acceptors (Lipinski definition) is 4. The van der Waals surface area contributed by atoms with Gasteiger partial charge >= 0.3 is 0 Å². The fourth-order valence-corrected chi connectivity index (χ4v) is 4.45. The van der Waals surface area contributed by atoms with Crippen LogP contribution >= 0.6 is 11.3 Å². The highest BCUT2D eigenvalue weighted by atomic mass is 32.2. The highest BCUT2D eigenvalue weighted by molar-refractivity contribution is 7.91. The Bertz CT molecular complexity index is 474. The predicted octanol–water partition coefficient (Wildman–Crippen LogP) is 1.46. The average molecular weight is 261 g/mol. The van der Waals surface area contributed by atoms with Crippen molar-refractivity contribution in [3.8, 4) is 0 Å². The molecule has 1 aromatic heterocycles. The van der Waals surface area contributed by atoms with Crippen molar-refractivity contribution in [2.45, 2.75) is 42.5 Å². The first kappa shape index (κ1) is 12.0. The molecule has 1 aliphatic carbocycles. The second kappa shape index (κ2) is 4.10. The van der Waals surface area contributed by atoms with Gasteiger partial charge in [-0.1, -0.05) is 0 Å². The van der Waals surface area contributed by atoms with E-state index in [1.54, 1.807) is 12.1 Å². The molecule has 1 saturated carbocycles. The predicted molar refractivity (Wildman–Crippen MR) is 62.8 cm³/mol. The molecular formula is C10H15NO3S2. The molecule has 90 valence electrons. The standard InChI is InChI=1S/C10H15NO3S2/c1-10(5-2-6-10)11-16(13,14)9-4-3-8(7-12)15-9/h3-4,11-12H,2,5-7H2,1H3. The lowest BCUT2D eigenvalue weighted by atomic mass is 9.80. The van der Waals surface area contributed by atoms with Crippen LogP contribution in [0.3, 0.4) is 0 Å². The van der Waals surface area contributed by atoms with Crippen LogP contribution < -0.4 is 4.72 Å². The van der Waals surface area contributed by atoms with Gasteiger partial charge in [0.15, 0.2) is 0 Å². The van der Waals surface area contributed by atoms with Crippen molar-refractivity contribution in [3.05, 3.63) is 17.0 Å². The average Bonchev–Trinajstić information content (AvgIpc) is 2.63. The fourth-order valence-electron chi connectivity index (χ4n) is 1.77. The van der Waals surface area contributed by atoms with Crippen LogP contribution in [-0.2, 0) is 16.6 Å². The summed E-state index contributed by atoms with van der Waals surface area (Å²) in [5, 5.41) is 8.90. The van der Waals surface area contributed by atoms with E-state index in [4.69, 9.17) is 5.11 Å². The van der Waals surface area contributed by atoms with Gasteiger partial charge in [-0.05, 0) is 38.3 Å². The Morgan fingerprint density at radius 2 is 2.19 bits per heavy atom. The molecular weight excluding hydrogens is 246 g/mol. The summed E-state index contributed by atoms with van der Waals surface area (Å²) in [6.07, 6.45) is 2.86. The van der Waals surface area contributed by atoms with Crippen LogP contribution in [0.5, 0.6) is 0 Å². The zero-order valence-electron chi connectivity index (χ0n) is 9.06. The van der Waals surface area contributed by atoms with Crippen LogP contribution in [0.25, 0.3) is 0 Å². The molecule has 0 amide bonds. The third-order valence-corrected chi connectivity index (χ3v) is 6.10. The molecule has 0 saturated heterocycles. The Labute approximate surface area is 99.4 Å². The molecule has 0 bridgehead atoms. The Balaban J connectivity index is 2.18. The summed E-state index contributed by atoms with van der Waals surface area (Å²) in [5.41, 5.74) is -0.276. The smallest absolute Gasteiger partial charge is 0.250 e. The van der Waals surface area contributed by atoms with Crippen molar-refractivity contribution in [3.63, 3.8) is 0 Å². The molecule has 4 nitrogen and oxygen atoms in total. The van der Waals surface area contributed by atoms with Crippen LogP contribution in [0.15, 0.2) is 16.3 Å². The highest BCUT2D eigenvalue weighted by Gasteiger charge is 2.36. The normalized spacial score (nSPS) is 19.4. The summed E-state index contributed by atoms with van der Waals surface area (Å²) in [6, 6.07) is 3.18. The second-order valence-corrected chi connectivity index (χ2v) is 7.48. The first-order chi connectivity index (χ1) is 7.45. The maximum Gasteiger partial charge on any atom is 0.250 e. The van der Waals surface area contributed by atoms with E-state index in [1.165, 1.54) is 0 Å². The molecule has 1 aliphatic rings. The number of aliphatic hydroxyl groups is 1. The number of thiophene rings is 1. The number of hydrogen-bond donors (Lipinski definition) is 2. The lowest BCUT2D eigenvalue weighted by Crippen LogP contribution is -2.50. The minimum absolute atomic E-state index is 0.114. The molecule has 0 radical (unpaired) electrons. The van der Waals surface area contributed by atoms with Crippen molar-refractivity contribution in [1.29, 1.82) is 0 Å². The minimum Gasteiger partial charge on any atom is -0.391 e. The molecule has 0 spiro atoms. The van der Waals surface area contributed by atoms with E-state index in [9.17, 15) is 8.42 Å². The van der Waals surface area contributed by atoms with Gasteiger partial charge in [0.05, 0.1) is 6.61 Å². The second-order valence-electron chi connectivity index (χ2n) is 4.40. The van der Waals surface area contributed by atoms with Crippen molar-refractivity contribution in [2.75, 3.05) is 0 Å². The van der Waals surface area contributed by atoms with Gasteiger partial charge in [0.1, 0.15) is 4.21 Å². The van der Waals surface area contributed by atoms with Gasteiger partial charge in [-0.25, -0.2) is 13.1 Å². The Morgan fingerprint density at radius 1 is 1.50 bits per heavy atom. The number of rotatable bonds is 4. The van der Waals surface area contributed by atoms with Crippen LogP contribution in [-0.4, -0.2) is 19.1 Å². The van der Waals surface area contributed by atoms with Crippen molar-refractivity contribution in [1.82, 2.24) is 4.72 Å². The Hall–Kier alpha value is -0.430. The van der Waals surface area contributed by atoms with E-state index in [1.807, 2.05) is 6.92 Å². The van der Waals surface area contributed by atoms with Crippen LogP contribution in [0, 0.1) is 0 Å². The molecule has 2 N–H and O–H groups in total. The quantitative estimate of drug-likeness (QED) is 0.862. The lowest BCUT2D eigenvalue weighted by Gasteiger charge is -2.38. The fraction of sp³-hybridized carbons (Fsp3) is 0.600. The molecule has 0 unspecified atom stereocenters. The van der Waals surface area contributed by atoms with Gasteiger partial charge in [0.25, 0.3) is 10.0 Å². The first-order valence-electron chi connectivity index (χ1n) is 5.19. The molecule has 2 rings (SSSR count). The van der Waals surface area contributed by atoms with Gasteiger partial charge in [-0.3, -0.25) is 0 Å². The molecule has 1 fully saturated rings. The zero-order valence-corrected chi connectivity index (χ0v) is 10.7. The summed E-state index contributed by atoms with van der Waals surface area (Å²) in [5.74, 6) is 0. The molecule has 0 aromatic carbocycles. The van der Waals surface area contributed by atoms with Gasteiger partial charge in [0.2, 0.25) is 0 Å². The minimum atomic E-state index is -3.41. The topological polar surface area (TPSA) is 66.4 Å². The molecule has 6 heteroatoms. The van der Waals surface area contributed by atoms with Gasteiger partial charge in [-0.2, -0.15) is 0 Å². The van der Waals surface area contributed by atoms with Crippen molar-refractivity contribution in [2.24, 2.45) is 0 Å². The Kier molecular flexibility index (Phi) is 3.09. The summed E-state index contributed by atoms with van der Waals surface area (Å²) in [4.78, 5) is 0.666. The van der Waals surface area contributed by atoms with E-state index in [0.29, 0.717) is 4.88 Å². The summed E-state index contributed by atoms with van der Waals surface area (Å²) < 4.78 is 27.0. The number of aliphatic hydroxyl groups excluding tert-OH is 1. The van der Waals surface area contributed by atoms with E-state index >= 15 is 0 Å². The third kappa shape index (κ3) is 2.29. The van der Waals surface area contributed by atoms with Crippen LogP contribution in [0.4, 0.5) is 0 Å². The van der Waals surface area contributed by atoms with Gasteiger partial charge in [0, 0.05) is 10.4 Å². The summed E-state index contributed by atoms with van der Waals surface area (Å²) >= 11 is 1.11.